The summed E-state index contributed by atoms with van der Waals surface area (Å²) >= 11 is 1.67. The Kier molecular flexibility index (Phi) is 3.26. The molecule has 1 aromatic rings. The zero-order chi connectivity index (χ0) is 9.84. The lowest BCUT2D eigenvalue weighted by Crippen LogP contribution is -2.07. The molecule has 0 aromatic carbocycles. The molecule has 1 heterocycles. The Morgan fingerprint density at radius 3 is 2.69 bits per heavy atom. The van der Waals surface area contributed by atoms with E-state index in [1.54, 1.807) is 11.3 Å². The van der Waals surface area contributed by atoms with Gasteiger partial charge in [0.25, 0.3) is 0 Å². The van der Waals surface area contributed by atoms with Gasteiger partial charge in [-0.15, -0.1) is 11.3 Å². The van der Waals surface area contributed by atoms with Crippen LogP contribution in [0.25, 0.3) is 0 Å². The predicted molar refractivity (Wildman–Crippen MR) is 55.1 cm³/mol. The molecular formula is C9H13N3S. The quantitative estimate of drug-likeness (QED) is 0.740. The number of nitrogens with zero attached hydrogens (tertiary/aromatic N) is 3. The van der Waals surface area contributed by atoms with Crippen molar-refractivity contribution in [3.63, 3.8) is 0 Å². The lowest BCUT2D eigenvalue weighted by molar-refractivity contribution is 1.00. The Labute approximate surface area is 82.6 Å². The molecule has 1 rings (SSSR count). The van der Waals surface area contributed by atoms with Crippen LogP contribution in [0.2, 0.25) is 0 Å². The third-order valence-corrected chi connectivity index (χ3v) is 3.11. The maximum atomic E-state index is 8.46. The molecule has 0 aliphatic carbocycles. The molecule has 0 unspecified atom stereocenters. The summed E-state index contributed by atoms with van der Waals surface area (Å²) in [6.45, 7) is 2.00. The maximum absolute atomic E-state index is 8.46. The number of hydrogen-bond acceptors (Lipinski definition) is 4. The van der Waals surface area contributed by atoms with Gasteiger partial charge in [-0.05, 0) is 13.3 Å². The van der Waals surface area contributed by atoms with Crippen LogP contribution < -0.4 is 4.90 Å². The number of anilines is 1. The molecule has 0 saturated carbocycles. The Morgan fingerprint density at radius 1 is 1.54 bits per heavy atom. The molecule has 13 heavy (non-hydrogen) atoms. The summed E-state index contributed by atoms with van der Waals surface area (Å²) in [6.07, 6.45) is 1.41. The Morgan fingerprint density at radius 2 is 2.23 bits per heavy atom. The number of aromatic nitrogens is 1. The molecule has 0 atom stereocenters. The van der Waals surface area contributed by atoms with Gasteiger partial charge >= 0.3 is 0 Å². The molecular weight excluding hydrogens is 182 g/mol. The van der Waals surface area contributed by atoms with E-state index in [9.17, 15) is 0 Å². The monoisotopic (exact) mass is 195 g/mol. The number of rotatable bonds is 3. The number of thiazole rings is 1. The number of hydrogen-bond donors (Lipinski definition) is 0. The molecule has 0 radical (unpaired) electrons. The van der Waals surface area contributed by atoms with Gasteiger partial charge in [-0.2, -0.15) is 5.26 Å². The van der Waals surface area contributed by atoms with E-state index in [4.69, 9.17) is 5.26 Å². The van der Waals surface area contributed by atoms with Crippen molar-refractivity contribution in [1.82, 2.24) is 4.98 Å². The molecule has 1 aromatic heterocycles. The molecule has 4 heteroatoms. The van der Waals surface area contributed by atoms with Crippen LogP contribution in [0.1, 0.15) is 17.0 Å². The van der Waals surface area contributed by atoms with Crippen LogP contribution in [0.15, 0.2) is 0 Å². The van der Waals surface area contributed by atoms with E-state index < -0.39 is 0 Å². The standard InChI is InChI=1S/C9H13N3S/c1-7-8(5-4-6-10)13-9(11-7)12(2)3/h4-5H2,1-3H3. The molecule has 0 saturated heterocycles. The van der Waals surface area contributed by atoms with Crippen molar-refractivity contribution in [3.8, 4) is 6.07 Å². The Hall–Kier alpha value is -1.08. The first-order valence-corrected chi connectivity index (χ1v) is 4.97. The summed E-state index contributed by atoms with van der Waals surface area (Å²) in [5.41, 5.74) is 1.06. The molecule has 3 nitrogen and oxygen atoms in total. The van der Waals surface area contributed by atoms with E-state index in [2.05, 4.69) is 11.1 Å². The van der Waals surface area contributed by atoms with E-state index in [1.165, 1.54) is 4.88 Å². The second-order valence-corrected chi connectivity index (χ2v) is 4.12. The maximum Gasteiger partial charge on any atom is 0.185 e. The first-order valence-electron chi connectivity index (χ1n) is 4.15. The van der Waals surface area contributed by atoms with Crippen molar-refractivity contribution in [2.24, 2.45) is 0 Å². The number of nitriles is 1. The van der Waals surface area contributed by atoms with Crippen LogP contribution in [0, 0.1) is 18.3 Å². The normalized spacial score (nSPS) is 9.69. The van der Waals surface area contributed by atoms with E-state index in [0.717, 1.165) is 17.2 Å². The van der Waals surface area contributed by atoms with E-state index in [1.807, 2.05) is 25.9 Å². The summed E-state index contributed by atoms with van der Waals surface area (Å²) in [4.78, 5) is 7.62. The van der Waals surface area contributed by atoms with E-state index >= 15 is 0 Å². The van der Waals surface area contributed by atoms with Crippen molar-refractivity contribution in [2.75, 3.05) is 19.0 Å². The highest BCUT2D eigenvalue weighted by molar-refractivity contribution is 7.15. The van der Waals surface area contributed by atoms with E-state index in [-0.39, 0.29) is 0 Å². The minimum absolute atomic E-state index is 0.579. The minimum atomic E-state index is 0.579. The van der Waals surface area contributed by atoms with Gasteiger partial charge < -0.3 is 4.90 Å². The zero-order valence-electron chi connectivity index (χ0n) is 8.16. The van der Waals surface area contributed by atoms with Gasteiger partial charge in [0.1, 0.15) is 0 Å². The van der Waals surface area contributed by atoms with Gasteiger partial charge in [-0.1, -0.05) is 0 Å². The first kappa shape index (κ1) is 10.0. The highest BCUT2D eigenvalue weighted by Gasteiger charge is 2.07. The zero-order valence-corrected chi connectivity index (χ0v) is 8.98. The lowest BCUT2D eigenvalue weighted by Gasteiger charge is -2.05. The Bertz CT molecular complexity index is 322. The minimum Gasteiger partial charge on any atom is -0.354 e. The van der Waals surface area contributed by atoms with Crippen LogP contribution >= 0.6 is 11.3 Å². The second kappa shape index (κ2) is 4.24. The molecule has 70 valence electrons. The van der Waals surface area contributed by atoms with Crippen LogP contribution in [-0.2, 0) is 6.42 Å². The van der Waals surface area contributed by atoms with Crippen LogP contribution in [0.5, 0.6) is 0 Å². The fourth-order valence-corrected chi connectivity index (χ4v) is 1.99. The van der Waals surface area contributed by atoms with Gasteiger partial charge in [-0.25, -0.2) is 4.98 Å². The van der Waals surface area contributed by atoms with Gasteiger partial charge in [0.05, 0.1) is 11.8 Å². The van der Waals surface area contributed by atoms with E-state index in [0.29, 0.717) is 6.42 Å². The summed E-state index contributed by atoms with van der Waals surface area (Å²) in [7, 11) is 3.96. The molecule has 0 amide bonds. The third-order valence-electron chi connectivity index (χ3n) is 1.73. The topological polar surface area (TPSA) is 39.9 Å². The third kappa shape index (κ3) is 2.43. The fraction of sp³-hybridized carbons (Fsp3) is 0.556. The average molecular weight is 195 g/mol. The van der Waals surface area contributed by atoms with Crippen LogP contribution in [-0.4, -0.2) is 19.1 Å². The van der Waals surface area contributed by atoms with Crippen molar-refractivity contribution in [1.29, 1.82) is 5.26 Å². The first-order chi connectivity index (χ1) is 6.15. The summed E-state index contributed by atoms with van der Waals surface area (Å²) in [6, 6.07) is 2.15. The van der Waals surface area contributed by atoms with Gasteiger partial charge in [-0.3, -0.25) is 0 Å². The van der Waals surface area contributed by atoms with Gasteiger partial charge in [0.15, 0.2) is 5.13 Å². The summed E-state index contributed by atoms with van der Waals surface area (Å²) in [5.74, 6) is 0. The highest BCUT2D eigenvalue weighted by atomic mass is 32.1. The van der Waals surface area contributed by atoms with Gasteiger partial charge in [0, 0.05) is 25.4 Å². The largest absolute Gasteiger partial charge is 0.354 e. The number of aryl methyl sites for hydroxylation is 2. The molecule has 0 aliphatic heterocycles. The van der Waals surface area contributed by atoms with Crippen molar-refractivity contribution >= 4 is 16.5 Å². The smallest absolute Gasteiger partial charge is 0.185 e. The summed E-state index contributed by atoms with van der Waals surface area (Å²) < 4.78 is 0. The highest BCUT2D eigenvalue weighted by Crippen LogP contribution is 2.25. The predicted octanol–water partition coefficient (Wildman–Crippen LogP) is 1.97. The van der Waals surface area contributed by atoms with Crippen molar-refractivity contribution in [3.05, 3.63) is 10.6 Å². The van der Waals surface area contributed by atoms with Crippen LogP contribution in [0.3, 0.4) is 0 Å². The fourth-order valence-electron chi connectivity index (χ4n) is 1.01. The molecule has 0 spiro atoms. The van der Waals surface area contributed by atoms with Crippen LogP contribution in [0.4, 0.5) is 5.13 Å². The molecule has 0 bridgehead atoms. The van der Waals surface area contributed by atoms with Crippen molar-refractivity contribution in [2.45, 2.75) is 19.8 Å². The van der Waals surface area contributed by atoms with Crippen molar-refractivity contribution < 1.29 is 0 Å². The average Bonchev–Trinajstić information content (AvgIpc) is 2.44. The summed E-state index contributed by atoms with van der Waals surface area (Å²) in [5, 5.41) is 9.48. The lowest BCUT2D eigenvalue weighted by atomic mass is 10.2. The molecule has 0 fully saturated rings. The van der Waals surface area contributed by atoms with Gasteiger partial charge in [0.2, 0.25) is 0 Å². The molecule has 0 N–H and O–H groups in total. The second-order valence-electron chi connectivity index (χ2n) is 3.06. The Balaban J connectivity index is 2.79. The molecule has 0 aliphatic rings. The SMILES string of the molecule is Cc1nc(N(C)C)sc1CCC#N.